The van der Waals surface area contributed by atoms with Gasteiger partial charge in [0.1, 0.15) is 5.82 Å². The van der Waals surface area contributed by atoms with Gasteiger partial charge in [0.05, 0.1) is 16.9 Å². The van der Waals surface area contributed by atoms with Crippen molar-refractivity contribution < 1.29 is 0 Å². The Morgan fingerprint density at radius 3 is 2.45 bits per heavy atom. The highest BCUT2D eigenvalue weighted by atomic mass is 79.9. The van der Waals surface area contributed by atoms with Crippen molar-refractivity contribution in [2.45, 2.75) is 0 Å². The summed E-state index contributed by atoms with van der Waals surface area (Å²) in [6, 6.07) is 13.4. The minimum atomic E-state index is 0.600. The van der Waals surface area contributed by atoms with Gasteiger partial charge >= 0.3 is 0 Å². The molecule has 0 saturated carbocycles. The van der Waals surface area contributed by atoms with Gasteiger partial charge in [-0.15, -0.1) is 0 Å². The summed E-state index contributed by atoms with van der Waals surface area (Å²) in [5, 5.41) is 1.22. The molecule has 0 spiro atoms. The molecule has 0 aliphatic heterocycles. The summed E-state index contributed by atoms with van der Waals surface area (Å²) in [6.45, 7) is 0. The molecule has 3 rings (SSSR count). The molecule has 0 unspecified atom stereocenters. The minimum absolute atomic E-state index is 0.600. The van der Waals surface area contributed by atoms with Gasteiger partial charge in [-0.05, 0) is 30.3 Å². The van der Waals surface area contributed by atoms with Crippen LogP contribution in [0.2, 0.25) is 10.0 Å². The molecule has 1 aromatic heterocycles. The number of hydrogen-bond acceptors (Lipinski definition) is 1. The van der Waals surface area contributed by atoms with Gasteiger partial charge in [-0.3, -0.25) is 0 Å². The molecule has 0 saturated heterocycles. The van der Waals surface area contributed by atoms with E-state index < -0.39 is 0 Å². The number of aromatic nitrogens is 2. The Morgan fingerprint density at radius 1 is 1.00 bits per heavy atom. The van der Waals surface area contributed by atoms with Gasteiger partial charge in [-0.2, -0.15) is 0 Å². The topological polar surface area (TPSA) is 28.7 Å². The van der Waals surface area contributed by atoms with Crippen molar-refractivity contribution >= 4 is 39.1 Å². The van der Waals surface area contributed by atoms with Crippen LogP contribution in [0.1, 0.15) is 0 Å². The van der Waals surface area contributed by atoms with Crippen LogP contribution in [0.3, 0.4) is 0 Å². The van der Waals surface area contributed by atoms with Crippen molar-refractivity contribution in [1.29, 1.82) is 0 Å². The lowest BCUT2D eigenvalue weighted by molar-refractivity contribution is 1.31. The van der Waals surface area contributed by atoms with E-state index in [0.29, 0.717) is 10.0 Å². The van der Waals surface area contributed by atoms with Gasteiger partial charge in [0.15, 0.2) is 0 Å². The predicted octanol–water partition coefficient (Wildman–Crippen LogP) is 5.81. The van der Waals surface area contributed by atoms with Gasteiger partial charge in [-0.1, -0.05) is 51.3 Å². The number of hydrogen-bond donors (Lipinski definition) is 1. The molecule has 0 radical (unpaired) electrons. The first kappa shape index (κ1) is 13.7. The third-order valence-corrected chi connectivity index (χ3v) is 3.99. The molecule has 1 heterocycles. The number of benzene rings is 2. The molecule has 0 atom stereocenters. The highest BCUT2D eigenvalue weighted by molar-refractivity contribution is 9.10. The Kier molecular flexibility index (Phi) is 3.83. The summed E-state index contributed by atoms with van der Waals surface area (Å²) in [6.07, 6.45) is 1.77. The lowest BCUT2D eigenvalue weighted by Crippen LogP contribution is -1.82. The second kappa shape index (κ2) is 5.60. The Labute approximate surface area is 134 Å². The van der Waals surface area contributed by atoms with E-state index in [1.54, 1.807) is 12.3 Å². The van der Waals surface area contributed by atoms with Crippen molar-refractivity contribution in [3.63, 3.8) is 0 Å². The molecule has 0 fully saturated rings. The van der Waals surface area contributed by atoms with Crippen LogP contribution in [-0.2, 0) is 0 Å². The molecular formula is C15H9BrCl2N2. The van der Waals surface area contributed by atoms with E-state index in [0.717, 1.165) is 27.1 Å². The van der Waals surface area contributed by atoms with Gasteiger partial charge in [-0.25, -0.2) is 4.98 Å². The highest BCUT2D eigenvalue weighted by Crippen LogP contribution is 2.30. The largest absolute Gasteiger partial charge is 0.338 e. The van der Waals surface area contributed by atoms with E-state index in [1.165, 1.54) is 0 Å². The van der Waals surface area contributed by atoms with E-state index in [1.807, 2.05) is 36.4 Å². The number of rotatable bonds is 2. The molecule has 3 aromatic rings. The van der Waals surface area contributed by atoms with Crippen LogP contribution in [0.5, 0.6) is 0 Å². The van der Waals surface area contributed by atoms with Crippen molar-refractivity contribution in [2.24, 2.45) is 0 Å². The Balaban J connectivity index is 1.99. The highest BCUT2D eigenvalue weighted by Gasteiger charge is 2.09. The van der Waals surface area contributed by atoms with Crippen LogP contribution in [0, 0.1) is 0 Å². The first-order valence-corrected chi connectivity index (χ1v) is 7.45. The van der Waals surface area contributed by atoms with E-state index in [4.69, 9.17) is 23.2 Å². The standard InChI is InChI=1S/C15H9BrCl2N2/c16-10-3-1-9(2-4-10)15-19-8-14(20-15)12-6-5-11(17)7-13(12)18/h1-8H,(H,19,20). The summed E-state index contributed by atoms with van der Waals surface area (Å²) in [5.74, 6) is 0.804. The lowest BCUT2D eigenvalue weighted by Gasteiger charge is -2.02. The zero-order valence-corrected chi connectivity index (χ0v) is 13.3. The number of imidazole rings is 1. The molecule has 100 valence electrons. The fraction of sp³-hybridized carbons (Fsp3) is 0. The quantitative estimate of drug-likeness (QED) is 0.607. The summed E-state index contributed by atoms with van der Waals surface area (Å²) < 4.78 is 1.04. The second-order valence-electron chi connectivity index (χ2n) is 4.28. The average Bonchev–Trinajstić information content (AvgIpc) is 2.89. The Morgan fingerprint density at radius 2 is 1.75 bits per heavy atom. The maximum atomic E-state index is 6.20. The minimum Gasteiger partial charge on any atom is -0.338 e. The third-order valence-electron chi connectivity index (χ3n) is 2.91. The smallest absolute Gasteiger partial charge is 0.137 e. The van der Waals surface area contributed by atoms with Crippen molar-refractivity contribution in [1.82, 2.24) is 9.97 Å². The van der Waals surface area contributed by atoms with Gasteiger partial charge in [0, 0.05) is 20.6 Å². The Bertz CT molecular complexity index is 751. The summed E-state index contributed by atoms with van der Waals surface area (Å²) in [7, 11) is 0. The SMILES string of the molecule is Clc1ccc(-c2cnc(-c3ccc(Br)cc3)[nH]2)c(Cl)c1. The second-order valence-corrected chi connectivity index (χ2v) is 6.04. The summed E-state index contributed by atoms with van der Waals surface area (Å²) in [4.78, 5) is 7.67. The molecule has 0 aliphatic rings. The van der Waals surface area contributed by atoms with Gasteiger partial charge in [0.2, 0.25) is 0 Å². The van der Waals surface area contributed by atoms with Crippen LogP contribution >= 0.6 is 39.1 Å². The molecule has 0 bridgehead atoms. The molecule has 2 aromatic carbocycles. The zero-order valence-electron chi connectivity index (χ0n) is 10.2. The molecule has 0 aliphatic carbocycles. The van der Waals surface area contributed by atoms with Gasteiger partial charge in [0.25, 0.3) is 0 Å². The average molecular weight is 368 g/mol. The van der Waals surface area contributed by atoms with Crippen molar-refractivity contribution in [2.75, 3.05) is 0 Å². The molecular weight excluding hydrogens is 359 g/mol. The predicted molar refractivity (Wildman–Crippen MR) is 87.2 cm³/mol. The molecule has 20 heavy (non-hydrogen) atoms. The molecule has 1 N–H and O–H groups in total. The van der Waals surface area contributed by atoms with Gasteiger partial charge < -0.3 is 4.98 Å². The molecule has 2 nitrogen and oxygen atoms in total. The molecule has 0 amide bonds. The molecule has 5 heteroatoms. The van der Waals surface area contributed by atoms with E-state index in [2.05, 4.69) is 25.9 Å². The maximum Gasteiger partial charge on any atom is 0.137 e. The van der Waals surface area contributed by atoms with Crippen LogP contribution in [0.15, 0.2) is 53.1 Å². The lowest BCUT2D eigenvalue weighted by atomic mass is 10.2. The number of nitrogens with zero attached hydrogens (tertiary/aromatic N) is 1. The number of nitrogens with one attached hydrogen (secondary N) is 1. The van der Waals surface area contributed by atoms with Crippen LogP contribution < -0.4 is 0 Å². The monoisotopic (exact) mass is 366 g/mol. The van der Waals surface area contributed by atoms with Crippen LogP contribution in [-0.4, -0.2) is 9.97 Å². The first-order valence-electron chi connectivity index (χ1n) is 5.90. The number of aromatic amines is 1. The van der Waals surface area contributed by atoms with E-state index in [-0.39, 0.29) is 0 Å². The maximum absolute atomic E-state index is 6.20. The summed E-state index contributed by atoms with van der Waals surface area (Å²) in [5.41, 5.74) is 2.76. The van der Waals surface area contributed by atoms with Crippen LogP contribution in [0.4, 0.5) is 0 Å². The fourth-order valence-electron chi connectivity index (χ4n) is 1.92. The fourth-order valence-corrected chi connectivity index (χ4v) is 2.70. The van der Waals surface area contributed by atoms with Crippen molar-refractivity contribution in [3.05, 3.63) is 63.2 Å². The first-order chi connectivity index (χ1) is 9.63. The number of halogens is 3. The van der Waals surface area contributed by atoms with E-state index >= 15 is 0 Å². The van der Waals surface area contributed by atoms with Crippen molar-refractivity contribution in [3.8, 4) is 22.6 Å². The Hall–Kier alpha value is -1.29. The normalized spacial score (nSPS) is 10.8. The van der Waals surface area contributed by atoms with Crippen LogP contribution in [0.25, 0.3) is 22.6 Å². The summed E-state index contributed by atoms with van der Waals surface area (Å²) >= 11 is 15.5. The number of H-pyrrole nitrogens is 1. The zero-order chi connectivity index (χ0) is 14.1. The third kappa shape index (κ3) is 2.75. The van der Waals surface area contributed by atoms with E-state index in [9.17, 15) is 0 Å².